The summed E-state index contributed by atoms with van der Waals surface area (Å²) in [6, 6.07) is 0. The number of esters is 1. The van der Waals surface area contributed by atoms with Crippen molar-refractivity contribution >= 4 is 33.7 Å². The molecule has 114 valence electrons. The van der Waals surface area contributed by atoms with Crippen molar-refractivity contribution in [1.29, 1.82) is 0 Å². The fourth-order valence-electron chi connectivity index (χ4n) is 1.70. The minimum absolute atomic E-state index is 0.230. The van der Waals surface area contributed by atoms with Gasteiger partial charge in [-0.3, -0.25) is 4.79 Å². The molecule has 20 heavy (non-hydrogen) atoms. The first-order valence-corrected chi connectivity index (χ1v) is 9.51. The van der Waals surface area contributed by atoms with Crippen LogP contribution >= 0.6 is 11.8 Å². The van der Waals surface area contributed by atoms with E-state index in [1.165, 1.54) is 36.1 Å². The second kappa shape index (κ2) is 10.3. The van der Waals surface area contributed by atoms with Crippen molar-refractivity contribution in [3.63, 3.8) is 0 Å². The summed E-state index contributed by atoms with van der Waals surface area (Å²) >= 11 is 1.35. The molecule has 0 atom stereocenters. The van der Waals surface area contributed by atoms with Gasteiger partial charge in [-0.05, 0) is 30.7 Å². The number of carbonyl (C=O) groups excluding carboxylic acids is 2. The highest BCUT2D eigenvalue weighted by molar-refractivity contribution is 8.15. The van der Waals surface area contributed by atoms with Crippen molar-refractivity contribution < 1.29 is 19.1 Å². The third-order valence-electron chi connectivity index (χ3n) is 2.74. The van der Waals surface area contributed by atoms with Crippen LogP contribution in [0.4, 0.5) is 0 Å². The van der Waals surface area contributed by atoms with Gasteiger partial charge < -0.3 is 9.47 Å². The van der Waals surface area contributed by atoms with Crippen molar-refractivity contribution in [2.24, 2.45) is 0 Å². The summed E-state index contributed by atoms with van der Waals surface area (Å²) in [5.74, 6) is 3.48. The maximum Gasteiger partial charge on any atom is 0.333 e. The summed E-state index contributed by atoms with van der Waals surface area (Å²) in [7, 11) is 0.346. The van der Waals surface area contributed by atoms with Crippen LogP contribution in [0.15, 0.2) is 12.2 Å². The second-order valence-electron chi connectivity index (χ2n) is 4.62. The van der Waals surface area contributed by atoms with Crippen LogP contribution in [0.3, 0.4) is 0 Å². The van der Waals surface area contributed by atoms with Gasteiger partial charge in [0, 0.05) is 11.3 Å². The summed E-state index contributed by atoms with van der Waals surface area (Å²) in [4.78, 5) is 22.7. The van der Waals surface area contributed by atoms with E-state index in [2.05, 4.69) is 6.58 Å². The minimum atomic E-state index is -0.393. The molecule has 1 aliphatic rings. The zero-order valence-corrected chi connectivity index (χ0v) is 13.7. The maximum absolute atomic E-state index is 11.7. The summed E-state index contributed by atoms with van der Waals surface area (Å²) in [6.07, 6.45) is 2.57. The topological polar surface area (TPSA) is 52.6 Å². The van der Waals surface area contributed by atoms with Gasteiger partial charge in [-0.25, -0.2) is 4.79 Å². The van der Waals surface area contributed by atoms with E-state index in [-0.39, 0.29) is 11.7 Å². The highest BCUT2D eigenvalue weighted by Crippen LogP contribution is 2.16. The Morgan fingerprint density at radius 2 is 1.90 bits per heavy atom. The highest BCUT2D eigenvalue weighted by Gasteiger charge is 2.26. The summed E-state index contributed by atoms with van der Waals surface area (Å²) in [5, 5.41) is 0.285. The van der Waals surface area contributed by atoms with E-state index in [9.17, 15) is 9.59 Å². The van der Waals surface area contributed by atoms with Gasteiger partial charge in [0.15, 0.2) is 5.75 Å². The standard InChI is InChI=1S/C14H23O4S2/c1-12(2)14(16)18-6-5-17-7-8-19-13(15)11-20-9-3-4-10-20/h1,3-11H2,2H3/q+1. The molecule has 1 heterocycles. The molecular weight excluding hydrogens is 296 g/mol. The molecule has 0 saturated carbocycles. The van der Waals surface area contributed by atoms with Crippen molar-refractivity contribution in [3.8, 4) is 0 Å². The molecular formula is C14H23O4S2+. The van der Waals surface area contributed by atoms with Crippen LogP contribution in [-0.2, 0) is 30.0 Å². The Hall–Kier alpha value is -0.460. The third-order valence-corrected chi connectivity index (χ3v) is 6.16. The van der Waals surface area contributed by atoms with E-state index < -0.39 is 5.97 Å². The molecule has 1 aliphatic heterocycles. The Balaban J connectivity index is 1.90. The number of ether oxygens (including phenoxy) is 2. The van der Waals surface area contributed by atoms with E-state index in [4.69, 9.17) is 9.47 Å². The number of hydrogen-bond acceptors (Lipinski definition) is 5. The molecule has 4 nitrogen and oxygen atoms in total. The van der Waals surface area contributed by atoms with Gasteiger partial charge in [-0.15, -0.1) is 0 Å². The van der Waals surface area contributed by atoms with Crippen molar-refractivity contribution in [2.45, 2.75) is 19.8 Å². The van der Waals surface area contributed by atoms with Crippen LogP contribution in [0.1, 0.15) is 19.8 Å². The summed E-state index contributed by atoms with van der Waals surface area (Å²) < 4.78 is 10.2. The molecule has 0 aromatic heterocycles. The number of rotatable bonds is 9. The Bertz CT molecular complexity index is 338. The molecule has 1 rings (SSSR count). The molecule has 0 aliphatic carbocycles. The van der Waals surface area contributed by atoms with Gasteiger partial charge in [-0.1, -0.05) is 18.3 Å². The number of carbonyl (C=O) groups is 2. The molecule has 0 N–H and O–H groups in total. The van der Waals surface area contributed by atoms with Crippen LogP contribution in [-0.4, -0.2) is 53.9 Å². The lowest BCUT2D eigenvalue weighted by Crippen LogP contribution is -2.16. The molecule has 0 aromatic carbocycles. The fourth-order valence-corrected chi connectivity index (χ4v) is 5.01. The van der Waals surface area contributed by atoms with Gasteiger partial charge in [0.1, 0.15) is 18.1 Å². The smallest absolute Gasteiger partial charge is 0.333 e. The lowest BCUT2D eigenvalue weighted by Gasteiger charge is -2.05. The van der Waals surface area contributed by atoms with Gasteiger partial charge in [0.05, 0.1) is 13.2 Å². The molecule has 1 saturated heterocycles. The summed E-state index contributed by atoms with van der Waals surface area (Å²) in [5.41, 5.74) is 0.388. The fraction of sp³-hybridized carbons (Fsp3) is 0.714. The zero-order valence-electron chi connectivity index (χ0n) is 12.0. The second-order valence-corrected chi connectivity index (χ2v) is 8.10. The van der Waals surface area contributed by atoms with E-state index >= 15 is 0 Å². The molecule has 0 amide bonds. The van der Waals surface area contributed by atoms with Crippen molar-refractivity contribution in [1.82, 2.24) is 0 Å². The van der Waals surface area contributed by atoms with E-state index in [0.717, 1.165) is 5.75 Å². The van der Waals surface area contributed by atoms with Crippen LogP contribution < -0.4 is 0 Å². The lowest BCUT2D eigenvalue weighted by molar-refractivity contribution is -0.140. The molecule has 0 bridgehead atoms. The molecule has 0 radical (unpaired) electrons. The van der Waals surface area contributed by atoms with Gasteiger partial charge >= 0.3 is 5.97 Å². The van der Waals surface area contributed by atoms with E-state index in [1.54, 1.807) is 6.92 Å². The molecule has 0 spiro atoms. The highest BCUT2D eigenvalue weighted by atomic mass is 32.2. The Labute approximate surface area is 128 Å². The number of thioether (sulfide) groups is 1. The predicted molar refractivity (Wildman–Crippen MR) is 85.3 cm³/mol. The van der Waals surface area contributed by atoms with Crippen LogP contribution in [0.5, 0.6) is 0 Å². The minimum Gasteiger partial charge on any atom is -0.460 e. The van der Waals surface area contributed by atoms with Crippen LogP contribution in [0, 0.1) is 0 Å². The molecule has 1 fully saturated rings. The molecule has 0 aromatic rings. The quantitative estimate of drug-likeness (QED) is 0.281. The monoisotopic (exact) mass is 319 g/mol. The SMILES string of the molecule is C=C(C)C(=O)OCCOCCSC(=O)C[S+]1CCCC1. The van der Waals surface area contributed by atoms with Gasteiger partial charge in [0.25, 0.3) is 0 Å². The molecule has 6 heteroatoms. The first-order valence-electron chi connectivity index (χ1n) is 6.79. The zero-order chi connectivity index (χ0) is 14.8. The van der Waals surface area contributed by atoms with Crippen molar-refractivity contribution in [2.75, 3.05) is 42.8 Å². The predicted octanol–water partition coefficient (Wildman–Crippen LogP) is 1.79. The van der Waals surface area contributed by atoms with E-state index in [0.29, 0.717) is 35.4 Å². The Morgan fingerprint density at radius 1 is 1.20 bits per heavy atom. The third kappa shape index (κ3) is 7.97. The normalized spacial score (nSPS) is 15.2. The average molecular weight is 319 g/mol. The lowest BCUT2D eigenvalue weighted by atomic mass is 10.4. The van der Waals surface area contributed by atoms with Gasteiger partial charge in [0.2, 0.25) is 5.12 Å². The Kier molecular flexibility index (Phi) is 9.05. The van der Waals surface area contributed by atoms with Crippen molar-refractivity contribution in [3.05, 3.63) is 12.2 Å². The largest absolute Gasteiger partial charge is 0.460 e. The average Bonchev–Trinajstić information content (AvgIpc) is 2.89. The Morgan fingerprint density at radius 3 is 2.55 bits per heavy atom. The molecule has 0 unspecified atom stereocenters. The van der Waals surface area contributed by atoms with Crippen LogP contribution in [0.25, 0.3) is 0 Å². The number of hydrogen-bond donors (Lipinski definition) is 0. The van der Waals surface area contributed by atoms with E-state index in [1.807, 2.05) is 0 Å². The first-order chi connectivity index (χ1) is 9.59. The summed E-state index contributed by atoms with van der Waals surface area (Å²) in [6.45, 7) is 6.19. The first kappa shape index (κ1) is 17.6. The van der Waals surface area contributed by atoms with Gasteiger partial charge in [-0.2, -0.15) is 0 Å². The van der Waals surface area contributed by atoms with Crippen LogP contribution in [0.2, 0.25) is 0 Å². The maximum atomic E-state index is 11.7.